The van der Waals surface area contributed by atoms with E-state index < -0.39 is 0 Å². The fourth-order valence-electron chi connectivity index (χ4n) is 0.878. The lowest BCUT2D eigenvalue weighted by Gasteiger charge is -2.05. The Balaban J connectivity index is 2.82. The third-order valence-corrected chi connectivity index (χ3v) is 1.51. The Morgan fingerprint density at radius 3 is 3.00 bits per heavy atom. The van der Waals surface area contributed by atoms with Gasteiger partial charge in [-0.25, -0.2) is 4.39 Å². The molecule has 0 radical (unpaired) electrons. The van der Waals surface area contributed by atoms with Crippen molar-refractivity contribution in [3.05, 3.63) is 42.2 Å². The van der Waals surface area contributed by atoms with Gasteiger partial charge in [0.1, 0.15) is 18.2 Å². The van der Waals surface area contributed by atoms with Crippen molar-refractivity contribution in [1.29, 1.82) is 0 Å². The number of hydrogen-bond acceptors (Lipinski definition) is 1. The zero-order valence-corrected chi connectivity index (χ0v) is 7.01. The van der Waals surface area contributed by atoms with E-state index in [-0.39, 0.29) is 5.82 Å². The Morgan fingerprint density at radius 1 is 1.58 bits per heavy atom. The minimum Gasteiger partial charge on any atom is -0.489 e. The Labute approximate surface area is 71.5 Å². The number of aryl methyl sites for hydroxylation is 1. The monoisotopic (exact) mass is 166 g/mol. The molecule has 0 saturated heterocycles. The minimum atomic E-state index is -0.278. The van der Waals surface area contributed by atoms with E-state index in [1.807, 2.05) is 6.92 Å². The molecule has 0 aromatic heterocycles. The van der Waals surface area contributed by atoms with E-state index in [2.05, 4.69) is 6.58 Å². The standard InChI is InChI=1S/C10H11FO/c1-3-6-12-10-7-9(11)5-4-8(10)2/h3-5,7H,1,6H2,2H3. The lowest BCUT2D eigenvalue weighted by Crippen LogP contribution is -1.95. The molecule has 1 nitrogen and oxygen atoms in total. The topological polar surface area (TPSA) is 9.23 Å². The van der Waals surface area contributed by atoms with Crippen LogP contribution in [0, 0.1) is 12.7 Å². The number of rotatable bonds is 3. The van der Waals surface area contributed by atoms with Crippen LogP contribution in [0.2, 0.25) is 0 Å². The third kappa shape index (κ3) is 2.09. The Bertz CT molecular complexity index is 281. The fraction of sp³-hybridized carbons (Fsp3) is 0.200. The minimum absolute atomic E-state index is 0.278. The van der Waals surface area contributed by atoms with E-state index in [1.54, 1.807) is 12.1 Å². The average Bonchev–Trinajstić information content (AvgIpc) is 2.07. The van der Waals surface area contributed by atoms with Crippen molar-refractivity contribution >= 4 is 0 Å². The molecule has 0 atom stereocenters. The summed E-state index contributed by atoms with van der Waals surface area (Å²) in [4.78, 5) is 0. The van der Waals surface area contributed by atoms with Gasteiger partial charge in [-0.3, -0.25) is 0 Å². The predicted octanol–water partition coefficient (Wildman–Crippen LogP) is 2.70. The molecule has 0 aliphatic carbocycles. The Morgan fingerprint density at radius 2 is 2.33 bits per heavy atom. The first-order valence-electron chi connectivity index (χ1n) is 3.74. The summed E-state index contributed by atoms with van der Waals surface area (Å²) < 4.78 is 17.9. The van der Waals surface area contributed by atoms with Crippen molar-refractivity contribution in [2.75, 3.05) is 6.61 Å². The van der Waals surface area contributed by atoms with Gasteiger partial charge in [0.05, 0.1) is 0 Å². The van der Waals surface area contributed by atoms with Crippen LogP contribution in [0.5, 0.6) is 5.75 Å². The van der Waals surface area contributed by atoms with E-state index in [4.69, 9.17) is 4.74 Å². The van der Waals surface area contributed by atoms with Gasteiger partial charge in [-0.1, -0.05) is 18.7 Å². The van der Waals surface area contributed by atoms with E-state index >= 15 is 0 Å². The van der Waals surface area contributed by atoms with Gasteiger partial charge in [0.15, 0.2) is 0 Å². The molecule has 0 N–H and O–H groups in total. The maximum Gasteiger partial charge on any atom is 0.126 e. The highest BCUT2D eigenvalue weighted by molar-refractivity contribution is 5.32. The molecule has 0 unspecified atom stereocenters. The lowest BCUT2D eigenvalue weighted by molar-refractivity contribution is 0.358. The number of hydrogen-bond donors (Lipinski definition) is 0. The summed E-state index contributed by atoms with van der Waals surface area (Å²) in [6.07, 6.45) is 1.63. The normalized spacial score (nSPS) is 9.50. The van der Waals surface area contributed by atoms with E-state index in [0.717, 1.165) is 5.56 Å². The Hall–Kier alpha value is -1.31. The van der Waals surface area contributed by atoms with Gasteiger partial charge >= 0.3 is 0 Å². The first-order chi connectivity index (χ1) is 5.74. The maximum atomic E-state index is 12.7. The van der Waals surface area contributed by atoms with Crippen LogP contribution >= 0.6 is 0 Å². The van der Waals surface area contributed by atoms with Crippen molar-refractivity contribution in [3.63, 3.8) is 0 Å². The molecule has 1 aromatic carbocycles. The van der Waals surface area contributed by atoms with E-state index in [0.29, 0.717) is 12.4 Å². The molecule has 2 heteroatoms. The van der Waals surface area contributed by atoms with Crippen molar-refractivity contribution in [3.8, 4) is 5.75 Å². The van der Waals surface area contributed by atoms with E-state index in [1.165, 1.54) is 12.1 Å². The summed E-state index contributed by atoms with van der Waals surface area (Å²) in [5, 5.41) is 0. The molecule has 0 amide bonds. The molecule has 0 spiro atoms. The van der Waals surface area contributed by atoms with Gasteiger partial charge in [-0.05, 0) is 18.6 Å². The first kappa shape index (κ1) is 8.78. The molecule has 12 heavy (non-hydrogen) atoms. The Kier molecular flexibility index (Phi) is 2.86. The van der Waals surface area contributed by atoms with Crippen LogP contribution in [0.3, 0.4) is 0 Å². The van der Waals surface area contributed by atoms with Gasteiger partial charge < -0.3 is 4.74 Å². The molecule has 0 heterocycles. The number of halogens is 1. The summed E-state index contributed by atoms with van der Waals surface area (Å²) in [5.41, 5.74) is 0.929. The van der Waals surface area contributed by atoms with Crippen LogP contribution in [-0.4, -0.2) is 6.61 Å². The summed E-state index contributed by atoms with van der Waals surface area (Å²) in [6.45, 7) is 5.79. The second kappa shape index (κ2) is 3.90. The molecule has 0 fully saturated rings. The van der Waals surface area contributed by atoms with Crippen molar-refractivity contribution in [2.45, 2.75) is 6.92 Å². The highest BCUT2D eigenvalue weighted by Gasteiger charge is 1.99. The van der Waals surface area contributed by atoms with Crippen LogP contribution in [0.4, 0.5) is 4.39 Å². The molecule has 0 aliphatic rings. The molecule has 0 saturated carbocycles. The summed E-state index contributed by atoms with van der Waals surface area (Å²) >= 11 is 0. The van der Waals surface area contributed by atoms with Crippen LogP contribution < -0.4 is 4.74 Å². The molecule has 64 valence electrons. The third-order valence-electron chi connectivity index (χ3n) is 1.51. The van der Waals surface area contributed by atoms with Crippen LogP contribution in [0.15, 0.2) is 30.9 Å². The quantitative estimate of drug-likeness (QED) is 0.627. The summed E-state index contributed by atoms with van der Waals surface area (Å²) in [6, 6.07) is 4.47. The zero-order chi connectivity index (χ0) is 8.97. The molecule has 0 bridgehead atoms. The highest BCUT2D eigenvalue weighted by Crippen LogP contribution is 2.18. The zero-order valence-electron chi connectivity index (χ0n) is 7.01. The van der Waals surface area contributed by atoms with Gasteiger partial charge in [-0.15, -0.1) is 0 Å². The second-order valence-corrected chi connectivity index (χ2v) is 2.51. The van der Waals surface area contributed by atoms with Gasteiger partial charge in [0, 0.05) is 6.07 Å². The SMILES string of the molecule is C=CCOc1cc(F)ccc1C. The molecule has 1 rings (SSSR count). The molecular formula is C10H11FO. The van der Waals surface area contributed by atoms with Crippen molar-refractivity contribution < 1.29 is 9.13 Å². The predicted molar refractivity (Wildman–Crippen MR) is 46.8 cm³/mol. The summed E-state index contributed by atoms with van der Waals surface area (Å²) in [7, 11) is 0. The lowest BCUT2D eigenvalue weighted by atomic mass is 10.2. The van der Waals surface area contributed by atoms with Crippen LogP contribution in [0.1, 0.15) is 5.56 Å². The fourth-order valence-corrected chi connectivity index (χ4v) is 0.878. The number of ether oxygens (including phenoxy) is 1. The van der Waals surface area contributed by atoms with Gasteiger partial charge in [-0.2, -0.15) is 0 Å². The van der Waals surface area contributed by atoms with Crippen LogP contribution in [0.25, 0.3) is 0 Å². The van der Waals surface area contributed by atoms with Gasteiger partial charge in [0.2, 0.25) is 0 Å². The van der Waals surface area contributed by atoms with Crippen molar-refractivity contribution in [2.24, 2.45) is 0 Å². The molecule has 0 aliphatic heterocycles. The van der Waals surface area contributed by atoms with Crippen molar-refractivity contribution in [1.82, 2.24) is 0 Å². The highest BCUT2D eigenvalue weighted by atomic mass is 19.1. The molecular weight excluding hydrogens is 155 g/mol. The maximum absolute atomic E-state index is 12.7. The summed E-state index contributed by atoms with van der Waals surface area (Å²) in [5.74, 6) is 0.301. The molecule has 1 aromatic rings. The largest absolute Gasteiger partial charge is 0.489 e. The van der Waals surface area contributed by atoms with Crippen LogP contribution in [-0.2, 0) is 0 Å². The second-order valence-electron chi connectivity index (χ2n) is 2.51. The number of benzene rings is 1. The first-order valence-corrected chi connectivity index (χ1v) is 3.74. The average molecular weight is 166 g/mol. The van der Waals surface area contributed by atoms with E-state index in [9.17, 15) is 4.39 Å². The van der Waals surface area contributed by atoms with Gasteiger partial charge in [0.25, 0.3) is 0 Å². The smallest absolute Gasteiger partial charge is 0.126 e.